The first-order valence-electron chi connectivity index (χ1n) is 14.2. The van der Waals surface area contributed by atoms with E-state index in [0.717, 1.165) is 24.8 Å². The van der Waals surface area contributed by atoms with Crippen LogP contribution in [0.15, 0.2) is 18.2 Å². The van der Waals surface area contributed by atoms with Crippen LogP contribution in [0.5, 0.6) is 5.75 Å². The average molecular weight is 497 g/mol. The van der Waals surface area contributed by atoms with Crippen LogP contribution in [0.3, 0.4) is 0 Å². The highest BCUT2D eigenvalue weighted by atomic mass is 32.2. The summed E-state index contributed by atoms with van der Waals surface area (Å²) in [6.07, 6.45) is 27.8. The summed E-state index contributed by atoms with van der Waals surface area (Å²) in [5.41, 5.74) is 1.04. The number of phenolic OH excluding ortho intramolecular Hbond substituents is 1. The van der Waals surface area contributed by atoms with Crippen LogP contribution in [-0.2, 0) is 22.3 Å². The van der Waals surface area contributed by atoms with Gasteiger partial charge in [-0.05, 0) is 18.4 Å². The van der Waals surface area contributed by atoms with E-state index in [9.17, 15) is 13.5 Å². The van der Waals surface area contributed by atoms with E-state index in [1.165, 1.54) is 116 Å². The Kier molecular flexibility index (Phi) is 18.4. The Morgan fingerprint density at radius 1 is 0.588 bits per heavy atom. The minimum Gasteiger partial charge on any atom is -0.507 e. The Hall–Kier alpha value is -1.07. The molecule has 198 valence electrons. The third-order valence-corrected chi connectivity index (χ3v) is 7.52. The van der Waals surface area contributed by atoms with Crippen molar-refractivity contribution in [3.63, 3.8) is 0 Å². The van der Waals surface area contributed by atoms with Gasteiger partial charge in [-0.25, -0.2) is 0 Å². The summed E-state index contributed by atoms with van der Waals surface area (Å²) in [7, 11) is -4.13. The maximum atomic E-state index is 11.1. The fourth-order valence-corrected chi connectivity index (χ4v) is 5.36. The Morgan fingerprint density at radius 2 is 0.941 bits per heavy atom. The fourth-order valence-electron chi connectivity index (χ4n) is 4.73. The molecule has 0 radical (unpaired) electrons. The molecule has 0 heterocycles. The van der Waals surface area contributed by atoms with Gasteiger partial charge in [-0.2, -0.15) is 8.42 Å². The maximum Gasteiger partial charge on any atom is 0.269 e. The van der Waals surface area contributed by atoms with Crippen LogP contribution in [0.25, 0.3) is 0 Å². The smallest absolute Gasteiger partial charge is 0.269 e. The van der Waals surface area contributed by atoms with Crippen LogP contribution in [0.1, 0.15) is 146 Å². The summed E-state index contributed by atoms with van der Waals surface area (Å²) >= 11 is 0. The number of para-hydroxylation sites is 1. The predicted molar refractivity (Wildman–Crippen MR) is 145 cm³/mol. The molecule has 0 aliphatic heterocycles. The fraction of sp³-hybridized carbons (Fsp3) is 0.793. The molecule has 0 atom stereocenters. The van der Waals surface area contributed by atoms with Gasteiger partial charge < -0.3 is 5.11 Å². The number of hydrogen-bond donors (Lipinski definition) is 2. The molecule has 0 saturated heterocycles. The molecule has 0 aliphatic rings. The highest BCUT2D eigenvalue weighted by molar-refractivity contribution is 7.85. The molecule has 0 aliphatic carbocycles. The zero-order valence-electron chi connectivity index (χ0n) is 21.9. The lowest BCUT2D eigenvalue weighted by Gasteiger charge is -2.09. The van der Waals surface area contributed by atoms with E-state index in [2.05, 4.69) is 6.92 Å². The minimum atomic E-state index is -4.13. The Morgan fingerprint density at radius 3 is 1.32 bits per heavy atom. The summed E-state index contributed by atoms with van der Waals surface area (Å²) in [5.74, 6) is -0.524. The summed E-state index contributed by atoms with van der Waals surface area (Å²) in [6, 6.07) is 5.12. The van der Waals surface area contributed by atoms with Gasteiger partial charge >= 0.3 is 0 Å². The largest absolute Gasteiger partial charge is 0.507 e. The molecule has 0 unspecified atom stereocenters. The van der Waals surface area contributed by atoms with E-state index in [1.54, 1.807) is 12.1 Å². The molecule has 0 aromatic heterocycles. The van der Waals surface area contributed by atoms with Crippen LogP contribution >= 0.6 is 0 Å². The minimum absolute atomic E-state index is 0.0120. The highest BCUT2D eigenvalue weighted by Gasteiger charge is 2.13. The summed E-state index contributed by atoms with van der Waals surface area (Å²) in [4.78, 5) is 0. The molecule has 5 heteroatoms. The molecule has 0 spiro atoms. The SMILES string of the molecule is CCCCCCCCCCCCCCCCCCCCCCc1cccc(CS(=O)(=O)O)c1O. The van der Waals surface area contributed by atoms with Gasteiger partial charge in [0, 0.05) is 5.56 Å². The molecule has 0 saturated carbocycles. The van der Waals surface area contributed by atoms with Crippen molar-refractivity contribution >= 4 is 10.1 Å². The van der Waals surface area contributed by atoms with Gasteiger partial charge in [-0.15, -0.1) is 0 Å². The number of aryl methyl sites for hydroxylation is 1. The van der Waals surface area contributed by atoms with Crippen LogP contribution in [-0.4, -0.2) is 18.1 Å². The van der Waals surface area contributed by atoms with Crippen molar-refractivity contribution < 1.29 is 18.1 Å². The van der Waals surface area contributed by atoms with Crippen LogP contribution in [0.4, 0.5) is 0 Å². The van der Waals surface area contributed by atoms with Gasteiger partial charge in [0.2, 0.25) is 0 Å². The van der Waals surface area contributed by atoms with E-state index in [-0.39, 0.29) is 11.3 Å². The van der Waals surface area contributed by atoms with Crippen molar-refractivity contribution in [3.05, 3.63) is 29.3 Å². The van der Waals surface area contributed by atoms with Crippen molar-refractivity contribution in [1.29, 1.82) is 0 Å². The lowest BCUT2D eigenvalue weighted by Crippen LogP contribution is -2.02. The van der Waals surface area contributed by atoms with E-state index < -0.39 is 15.9 Å². The van der Waals surface area contributed by atoms with Crippen molar-refractivity contribution in [1.82, 2.24) is 0 Å². The molecule has 1 aromatic rings. The molecular weight excluding hydrogens is 444 g/mol. The Labute approximate surface area is 210 Å². The van der Waals surface area contributed by atoms with Crippen molar-refractivity contribution in [2.75, 3.05) is 0 Å². The molecule has 0 bridgehead atoms. The first-order chi connectivity index (χ1) is 16.4. The monoisotopic (exact) mass is 496 g/mol. The number of unbranched alkanes of at least 4 members (excludes halogenated alkanes) is 19. The lowest BCUT2D eigenvalue weighted by molar-refractivity contribution is 0.454. The molecule has 0 fully saturated rings. The number of benzene rings is 1. The van der Waals surface area contributed by atoms with E-state index in [1.807, 2.05) is 6.07 Å². The van der Waals surface area contributed by atoms with Crippen LogP contribution in [0, 0.1) is 0 Å². The third-order valence-electron chi connectivity index (χ3n) is 6.84. The van der Waals surface area contributed by atoms with Gasteiger partial charge in [-0.3, -0.25) is 4.55 Å². The second-order valence-corrected chi connectivity index (χ2v) is 11.6. The second-order valence-electron chi connectivity index (χ2n) is 10.1. The Balaban J connectivity index is 1.88. The van der Waals surface area contributed by atoms with E-state index in [4.69, 9.17) is 4.55 Å². The van der Waals surface area contributed by atoms with E-state index >= 15 is 0 Å². The topological polar surface area (TPSA) is 74.6 Å². The van der Waals surface area contributed by atoms with Gasteiger partial charge in [0.25, 0.3) is 10.1 Å². The van der Waals surface area contributed by atoms with Crippen LogP contribution in [0.2, 0.25) is 0 Å². The molecule has 2 N–H and O–H groups in total. The first-order valence-corrected chi connectivity index (χ1v) is 15.8. The average Bonchev–Trinajstić information content (AvgIpc) is 2.79. The lowest BCUT2D eigenvalue weighted by atomic mass is 10.0. The zero-order chi connectivity index (χ0) is 24.9. The molecule has 1 rings (SSSR count). The first kappa shape index (κ1) is 31.0. The number of aromatic hydroxyl groups is 1. The molecule has 0 amide bonds. The highest BCUT2D eigenvalue weighted by Crippen LogP contribution is 2.26. The van der Waals surface area contributed by atoms with Gasteiger partial charge in [0.05, 0.1) is 0 Å². The second kappa shape index (κ2) is 20.2. The summed E-state index contributed by atoms with van der Waals surface area (Å²) in [5, 5.41) is 10.2. The molecule has 4 nitrogen and oxygen atoms in total. The van der Waals surface area contributed by atoms with Gasteiger partial charge in [0.15, 0.2) is 0 Å². The van der Waals surface area contributed by atoms with Crippen molar-refractivity contribution in [2.45, 2.75) is 148 Å². The van der Waals surface area contributed by atoms with Crippen molar-refractivity contribution in [2.24, 2.45) is 0 Å². The standard InChI is InChI=1S/C29H52O4S/c1-2-3-4-5-6-7-8-9-10-11-12-13-14-15-16-17-18-19-20-21-23-27-24-22-25-28(29(27)30)26-34(31,32)33/h22,24-25,30H,2-21,23,26H2,1H3,(H,31,32,33). The normalized spacial score (nSPS) is 11.8. The number of rotatable bonds is 23. The number of phenols is 1. The van der Waals surface area contributed by atoms with E-state index in [0.29, 0.717) is 0 Å². The number of hydrogen-bond acceptors (Lipinski definition) is 3. The summed E-state index contributed by atoms with van der Waals surface area (Å²) in [6.45, 7) is 2.28. The molecule has 34 heavy (non-hydrogen) atoms. The Bertz CT molecular complexity index is 715. The molecular formula is C29H52O4S. The maximum absolute atomic E-state index is 11.1. The van der Waals surface area contributed by atoms with Crippen molar-refractivity contribution in [3.8, 4) is 5.75 Å². The van der Waals surface area contributed by atoms with Gasteiger partial charge in [0.1, 0.15) is 11.5 Å². The zero-order valence-corrected chi connectivity index (χ0v) is 22.7. The molecule has 1 aromatic carbocycles. The predicted octanol–water partition coefficient (Wildman–Crippen LogP) is 9.14. The third kappa shape index (κ3) is 17.4. The van der Waals surface area contributed by atoms with Gasteiger partial charge in [-0.1, -0.05) is 147 Å². The summed E-state index contributed by atoms with van der Waals surface area (Å²) < 4.78 is 31.1. The van der Waals surface area contributed by atoms with Crippen LogP contribution < -0.4 is 0 Å². The quantitative estimate of drug-likeness (QED) is 0.117.